The van der Waals surface area contributed by atoms with Gasteiger partial charge in [0.25, 0.3) is 0 Å². The largest absolute Gasteiger partial charge is 0.456 e. The van der Waals surface area contributed by atoms with Gasteiger partial charge in [0.2, 0.25) is 0 Å². The second-order valence-electron chi connectivity index (χ2n) is 6.80. The van der Waals surface area contributed by atoms with Crippen LogP contribution in [0.1, 0.15) is 27.7 Å². The van der Waals surface area contributed by atoms with E-state index >= 15 is 0 Å². The first-order valence-corrected chi connectivity index (χ1v) is 7.90. The minimum atomic E-state index is -0.955. The average molecular weight is 330 g/mol. The molecule has 0 unspecified atom stereocenters. The van der Waals surface area contributed by atoms with E-state index in [-0.39, 0.29) is 0 Å². The van der Waals surface area contributed by atoms with Crippen molar-refractivity contribution in [3.8, 4) is 0 Å². The molecule has 3 aromatic rings. The van der Waals surface area contributed by atoms with E-state index in [2.05, 4.69) is 0 Å². The van der Waals surface area contributed by atoms with Crippen LogP contribution in [0.5, 0.6) is 0 Å². The molecule has 5 heteroatoms. The Morgan fingerprint density at radius 3 is 2.26 bits per heavy atom. The van der Waals surface area contributed by atoms with Gasteiger partial charge in [-0.05, 0) is 51.4 Å². The zero-order chi connectivity index (χ0) is 16.8. The van der Waals surface area contributed by atoms with Crippen molar-refractivity contribution in [2.45, 2.75) is 38.9 Å². The van der Waals surface area contributed by atoms with Gasteiger partial charge >= 0.3 is 7.48 Å². The Kier molecular flexibility index (Phi) is 3.95. The first-order valence-electron chi connectivity index (χ1n) is 7.53. The van der Waals surface area contributed by atoms with E-state index in [9.17, 15) is 5.11 Å². The fourth-order valence-electron chi connectivity index (χ4n) is 2.20. The van der Waals surface area contributed by atoms with Crippen molar-refractivity contribution in [3.63, 3.8) is 0 Å². The van der Waals surface area contributed by atoms with Gasteiger partial charge in [-0.15, -0.1) is 0 Å². The van der Waals surface area contributed by atoms with Crippen molar-refractivity contribution in [1.82, 2.24) is 0 Å². The second kappa shape index (κ2) is 5.55. The topological polar surface area (TPSA) is 42.6 Å². The van der Waals surface area contributed by atoms with Crippen molar-refractivity contribution >= 4 is 46.5 Å². The summed E-state index contributed by atoms with van der Waals surface area (Å²) in [7, 11) is 1.65. The van der Waals surface area contributed by atoms with Gasteiger partial charge in [0.05, 0.1) is 11.2 Å². The molecule has 119 valence electrons. The van der Waals surface area contributed by atoms with Gasteiger partial charge in [0.15, 0.2) is 0 Å². The molecule has 0 bridgehead atoms. The monoisotopic (exact) mass is 329 g/mol. The van der Waals surface area contributed by atoms with Crippen LogP contribution in [0.3, 0.4) is 0 Å². The highest BCUT2D eigenvalue weighted by atomic mass is 35.5. The minimum absolute atomic E-state index is 0.651. The summed E-state index contributed by atoms with van der Waals surface area (Å²) >= 11 is 6.01. The molecular weight excluding hydrogens is 310 g/mol. The van der Waals surface area contributed by atoms with E-state index in [0.29, 0.717) is 5.02 Å². The number of hydrogen-bond acceptors (Lipinski definition) is 3. The van der Waals surface area contributed by atoms with E-state index in [1.807, 2.05) is 50.2 Å². The summed E-state index contributed by atoms with van der Waals surface area (Å²) in [5.41, 5.74) is 0.760. The average Bonchev–Trinajstić information content (AvgIpc) is 2.80. The Morgan fingerprint density at radius 1 is 1.00 bits per heavy atom. The first-order chi connectivity index (χ1) is 10.7. The number of rotatable bonds is 4. The molecule has 0 spiro atoms. The molecule has 3 rings (SSSR count). The third-order valence-corrected chi connectivity index (χ3v) is 4.66. The third-order valence-electron chi connectivity index (χ3n) is 4.42. The summed E-state index contributed by atoms with van der Waals surface area (Å²) in [4.78, 5) is 0. The normalized spacial score (nSPS) is 13.0. The van der Waals surface area contributed by atoms with Gasteiger partial charge in [-0.1, -0.05) is 23.7 Å². The van der Waals surface area contributed by atoms with Gasteiger partial charge in [-0.25, -0.2) is 0 Å². The van der Waals surface area contributed by atoms with Crippen molar-refractivity contribution < 1.29 is 14.2 Å². The minimum Gasteiger partial charge on any atom is -0.456 e. The van der Waals surface area contributed by atoms with E-state index in [0.717, 1.165) is 27.4 Å². The smallest absolute Gasteiger partial charge is 0.331 e. The van der Waals surface area contributed by atoms with Crippen LogP contribution in [-0.2, 0) is 4.65 Å². The van der Waals surface area contributed by atoms with Crippen molar-refractivity contribution in [1.29, 1.82) is 0 Å². The van der Waals surface area contributed by atoms with E-state index in [1.54, 1.807) is 21.3 Å². The Labute approximate surface area is 141 Å². The van der Waals surface area contributed by atoms with Crippen LogP contribution in [0.15, 0.2) is 40.8 Å². The quantitative estimate of drug-likeness (QED) is 0.734. The van der Waals surface area contributed by atoms with Crippen LogP contribution in [0.4, 0.5) is 0 Å². The van der Waals surface area contributed by atoms with Crippen LogP contribution in [0.25, 0.3) is 21.9 Å². The Balaban J connectivity index is 1.90. The molecule has 2 aromatic carbocycles. The molecule has 1 N–H and O–H groups in total. The maximum absolute atomic E-state index is 10.1. The summed E-state index contributed by atoms with van der Waals surface area (Å²) in [6.07, 6.45) is 0. The van der Waals surface area contributed by atoms with Gasteiger partial charge in [-0.2, -0.15) is 0 Å². The molecule has 1 aromatic heterocycles. The SMILES string of the molecule is CC(C)(O)C(C)(C)O[B]c1ccc2c(c1)oc1cc(Cl)ccc12. The van der Waals surface area contributed by atoms with Crippen LogP contribution in [0.2, 0.25) is 5.02 Å². The number of hydrogen-bond donors (Lipinski definition) is 1. The second-order valence-corrected chi connectivity index (χ2v) is 7.24. The van der Waals surface area contributed by atoms with Crippen LogP contribution in [-0.4, -0.2) is 23.8 Å². The number of benzene rings is 2. The molecule has 0 aliphatic heterocycles. The predicted molar refractivity (Wildman–Crippen MR) is 95.6 cm³/mol. The third kappa shape index (κ3) is 3.11. The number of halogens is 1. The fourth-order valence-corrected chi connectivity index (χ4v) is 2.36. The van der Waals surface area contributed by atoms with Gasteiger partial charge in [-0.3, -0.25) is 0 Å². The molecule has 0 aliphatic carbocycles. The summed E-state index contributed by atoms with van der Waals surface area (Å²) < 4.78 is 11.6. The lowest BCUT2D eigenvalue weighted by Gasteiger charge is -2.37. The van der Waals surface area contributed by atoms with Gasteiger partial charge in [0.1, 0.15) is 11.2 Å². The molecule has 0 atom stereocenters. The molecule has 0 fully saturated rings. The van der Waals surface area contributed by atoms with Crippen molar-refractivity contribution in [2.75, 3.05) is 0 Å². The van der Waals surface area contributed by atoms with E-state index in [4.69, 9.17) is 20.7 Å². The molecule has 0 saturated heterocycles. The lowest BCUT2D eigenvalue weighted by Crippen LogP contribution is -2.49. The number of aliphatic hydroxyl groups is 1. The molecule has 3 nitrogen and oxygen atoms in total. The first kappa shape index (κ1) is 16.4. The highest BCUT2D eigenvalue weighted by Gasteiger charge is 2.35. The summed E-state index contributed by atoms with van der Waals surface area (Å²) in [5.74, 6) is 0. The lowest BCUT2D eigenvalue weighted by molar-refractivity contribution is -0.0893. The zero-order valence-corrected chi connectivity index (χ0v) is 14.4. The Hall–Kier alpha value is -1.49. The highest BCUT2D eigenvalue weighted by molar-refractivity contribution is 6.47. The summed E-state index contributed by atoms with van der Waals surface area (Å²) in [5, 5.41) is 12.9. The summed E-state index contributed by atoms with van der Waals surface area (Å²) in [6.45, 7) is 7.16. The molecule has 0 amide bonds. The predicted octanol–water partition coefficient (Wildman–Crippen LogP) is 4.05. The van der Waals surface area contributed by atoms with Gasteiger partial charge < -0.3 is 14.2 Å². The number of furan rings is 1. The van der Waals surface area contributed by atoms with E-state index < -0.39 is 11.2 Å². The summed E-state index contributed by atoms with van der Waals surface area (Å²) in [6, 6.07) is 11.5. The molecule has 1 radical (unpaired) electrons. The Bertz CT molecular complexity index is 862. The van der Waals surface area contributed by atoms with Crippen LogP contribution in [0, 0.1) is 0 Å². The zero-order valence-electron chi connectivity index (χ0n) is 13.7. The standard InChI is InChI=1S/C18H19BClO3/c1-17(2,21)18(3,4)23-19-11-5-7-13-14-8-6-12(20)10-16(14)22-15(13)9-11/h5-10,21H,1-4H3. The molecule has 23 heavy (non-hydrogen) atoms. The fraction of sp³-hybridized carbons (Fsp3) is 0.333. The molecule has 1 heterocycles. The van der Waals surface area contributed by atoms with Crippen LogP contribution >= 0.6 is 11.6 Å². The molecular formula is C18H19BClO3. The maximum atomic E-state index is 10.1. The van der Waals surface area contributed by atoms with Crippen molar-refractivity contribution in [2.24, 2.45) is 0 Å². The van der Waals surface area contributed by atoms with Gasteiger partial charge in [0, 0.05) is 21.9 Å². The maximum Gasteiger partial charge on any atom is 0.331 e. The van der Waals surface area contributed by atoms with E-state index in [1.165, 1.54) is 0 Å². The van der Waals surface area contributed by atoms with Crippen molar-refractivity contribution in [3.05, 3.63) is 41.4 Å². The Morgan fingerprint density at radius 2 is 1.61 bits per heavy atom. The lowest BCUT2D eigenvalue weighted by atomic mass is 9.82. The highest BCUT2D eigenvalue weighted by Crippen LogP contribution is 2.30. The molecule has 0 aliphatic rings. The van der Waals surface area contributed by atoms with Crippen LogP contribution < -0.4 is 5.46 Å². The molecule has 0 saturated carbocycles. The number of fused-ring (bicyclic) bond motifs is 3.